The number of nitrogens with one attached hydrogen (secondary N) is 2. The van der Waals surface area contributed by atoms with Crippen molar-refractivity contribution >= 4 is 52.6 Å². The first kappa shape index (κ1) is 20.5. The Bertz CT molecular complexity index is 976. The Balaban J connectivity index is 0.00000225. The number of fused-ring (bicyclic) bond motifs is 2. The molecule has 0 fully saturated rings. The molecule has 0 bridgehead atoms. The summed E-state index contributed by atoms with van der Waals surface area (Å²) >= 11 is 1.31. The average molecular weight is 417 g/mol. The van der Waals surface area contributed by atoms with Gasteiger partial charge >= 0.3 is 0 Å². The third-order valence-corrected chi connectivity index (χ3v) is 5.66. The van der Waals surface area contributed by atoms with Crippen LogP contribution in [0.2, 0.25) is 0 Å². The van der Waals surface area contributed by atoms with Crippen molar-refractivity contribution in [2.45, 2.75) is 25.8 Å². The maximum atomic E-state index is 12.4. The first-order valence-electron chi connectivity index (χ1n) is 9.10. The molecule has 4 rings (SSSR count). The fourth-order valence-corrected chi connectivity index (χ4v) is 4.27. The number of carbonyl (C=O) groups excluding carboxylic acids is 1. The summed E-state index contributed by atoms with van der Waals surface area (Å²) in [6.45, 7) is 3.66. The molecular formula is C19H24N6OS2. The highest BCUT2D eigenvalue weighted by molar-refractivity contribution is 7.59. The van der Waals surface area contributed by atoms with E-state index in [9.17, 15) is 4.79 Å². The number of hydrogen-bond acceptors (Lipinski definition) is 7. The fourth-order valence-electron chi connectivity index (χ4n) is 3.45. The van der Waals surface area contributed by atoms with E-state index >= 15 is 0 Å². The van der Waals surface area contributed by atoms with Gasteiger partial charge in [0.1, 0.15) is 16.7 Å². The van der Waals surface area contributed by atoms with Crippen LogP contribution in [-0.2, 0) is 6.42 Å². The third kappa shape index (κ3) is 3.82. The summed E-state index contributed by atoms with van der Waals surface area (Å²) < 4.78 is 0. The Hall–Kier alpha value is -2.23. The predicted octanol–water partition coefficient (Wildman–Crippen LogP) is 2.62. The van der Waals surface area contributed by atoms with E-state index in [1.807, 2.05) is 13.1 Å². The Kier molecular flexibility index (Phi) is 6.48. The van der Waals surface area contributed by atoms with E-state index in [-0.39, 0.29) is 25.4 Å². The lowest BCUT2D eigenvalue weighted by atomic mass is 10.1. The minimum Gasteiger partial charge on any atom is -0.350 e. The molecule has 1 aliphatic heterocycles. The monoisotopic (exact) mass is 416 g/mol. The van der Waals surface area contributed by atoms with Gasteiger partial charge in [0.25, 0.3) is 5.91 Å². The smallest absolute Gasteiger partial charge is 0.280 e. The van der Waals surface area contributed by atoms with Crippen LogP contribution >= 0.6 is 24.8 Å². The van der Waals surface area contributed by atoms with Crippen LogP contribution in [0.25, 0.3) is 10.3 Å². The number of rotatable bonds is 6. The largest absolute Gasteiger partial charge is 0.350 e. The molecule has 1 aliphatic rings. The molecule has 0 spiro atoms. The molecule has 7 nitrogen and oxygen atoms in total. The van der Waals surface area contributed by atoms with Crippen molar-refractivity contribution in [2.75, 3.05) is 25.0 Å². The molecule has 0 saturated heterocycles. The number of carbonyl (C=O) groups is 1. The Labute approximate surface area is 175 Å². The number of nitrogens with zero attached hydrogens (tertiary/aromatic N) is 4. The number of para-hydroxylation sites is 1. The van der Waals surface area contributed by atoms with E-state index in [2.05, 4.69) is 55.6 Å². The number of benzene rings is 1. The molecule has 0 radical (unpaired) electrons. The van der Waals surface area contributed by atoms with Crippen molar-refractivity contribution in [3.63, 3.8) is 0 Å². The molecule has 3 aromatic rings. The van der Waals surface area contributed by atoms with Gasteiger partial charge in [0.15, 0.2) is 10.8 Å². The number of anilines is 2. The van der Waals surface area contributed by atoms with E-state index < -0.39 is 0 Å². The van der Waals surface area contributed by atoms with Crippen molar-refractivity contribution in [1.29, 1.82) is 0 Å². The van der Waals surface area contributed by atoms with Gasteiger partial charge in [-0.3, -0.25) is 4.79 Å². The van der Waals surface area contributed by atoms with E-state index in [1.165, 1.54) is 16.9 Å². The second-order valence-electron chi connectivity index (χ2n) is 6.63. The van der Waals surface area contributed by atoms with Gasteiger partial charge in [-0.1, -0.05) is 29.5 Å². The molecule has 0 saturated carbocycles. The Morgan fingerprint density at radius 3 is 2.93 bits per heavy atom. The molecule has 2 aromatic heterocycles. The van der Waals surface area contributed by atoms with Gasteiger partial charge in [-0.25, -0.2) is 15.0 Å². The second kappa shape index (κ2) is 8.85. The summed E-state index contributed by atoms with van der Waals surface area (Å²) in [5, 5.41) is 6.41. The lowest BCUT2D eigenvalue weighted by molar-refractivity contribution is 0.0953. The van der Waals surface area contributed by atoms with Crippen LogP contribution in [0.5, 0.6) is 0 Å². The predicted molar refractivity (Wildman–Crippen MR) is 118 cm³/mol. The molecule has 9 heteroatoms. The molecule has 0 aliphatic carbocycles. The fraction of sp³-hybridized carbons (Fsp3) is 0.368. The lowest BCUT2D eigenvalue weighted by Gasteiger charge is -2.23. The summed E-state index contributed by atoms with van der Waals surface area (Å²) in [6, 6.07) is 8.63. The quantitative estimate of drug-likeness (QED) is 0.601. The van der Waals surface area contributed by atoms with Gasteiger partial charge in [-0.05, 0) is 45.0 Å². The van der Waals surface area contributed by atoms with Gasteiger partial charge < -0.3 is 15.5 Å². The lowest BCUT2D eigenvalue weighted by Crippen LogP contribution is -2.26. The maximum absolute atomic E-state index is 12.4. The van der Waals surface area contributed by atoms with Crippen molar-refractivity contribution in [3.05, 3.63) is 41.2 Å². The van der Waals surface area contributed by atoms with Crippen LogP contribution in [0.3, 0.4) is 0 Å². The first-order chi connectivity index (χ1) is 13.2. The number of thiazole rings is 1. The Morgan fingerprint density at radius 1 is 1.29 bits per heavy atom. The van der Waals surface area contributed by atoms with Crippen LogP contribution in [0.4, 0.5) is 11.5 Å². The zero-order valence-electron chi connectivity index (χ0n) is 15.9. The number of aromatic nitrogens is 3. The second-order valence-corrected chi connectivity index (χ2v) is 7.61. The summed E-state index contributed by atoms with van der Waals surface area (Å²) in [5.74, 6) is 0.609. The normalized spacial score (nSPS) is 15.4. The zero-order valence-corrected chi connectivity index (χ0v) is 17.7. The summed E-state index contributed by atoms with van der Waals surface area (Å²) in [6.07, 6.45) is 3.39. The van der Waals surface area contributed by atoms with Crippen molar-refractivity contribution in [3.8, 4) is 0 Å². The van der Waals surface area contributed by atoms with Gasteiger partial charge in [0.05, 0.1) is 0 Å². The standard InChI is InChI=1S/C19H22N6OS.H2S/c1-12-10-13-6-3-4-7-14(13)25(12)16-15-18(23-11-22-16)27-19(24-15)17(26)21-9-5-8-20-2;/h3-4,6-7,11-12,20H,5,8-10H2,1-2H3,(H,21,26);1H2/t12-;/m0./s1. The van der Waals surface area contributed by atoms with E-state index in [0.717, 1.165) is 35.7 Å². The SMILES string of the molecule is CNCCCNC(=O)c1nc2c(N3c4ccccc4C[C@@H]3C)ncnc2s1.S. The van der Waals surface area contributed by atoms with Crippen molar-refractivity contribution in [2.24, 2.45) is 0 Å². The first-order valence-corrected chi connectivity index (χ1v) is 9.92. The van der Waals surface area contributed by atoms with Gasteiger partial charge in [-0.15, -0.1) is 0 Å². The third-order valence-electron chi connectivity index (χ3n) is 4.69. The minimum absolute atomic E-state index is 0. The van der Waals surface area contributed by atoms with E-state index in [4.69, 9.17) is 0 Å². The van der Waals surface area contributed by atoms with Crippen LogP contribution in [0.15, 0.2) is 30.6 Å². The average Bonchev–Trinajstić information content (AvgIpc) is 3.25. The molecule has 2 N–H and O–H groups in total. The molecule has 1 atom stereocenters. The maximum Gasteiger partial charge on any atom is 0.280 e. The summed E-state index contributed by atoms with van der Waals surface area (Å²) in [5.41, 5.74) is 3.14. The van der Waals surface area contributed by atoms with Gasteiger partial charge in [0.2, 0.25) is 0 Å². The molecule has 1 amide bonds. The number of hydrogen-bond donors (Lipinski definition) is 2. The summed E-state index contributed by atoms with van der Waals surface area (Å²) in [7, 11) is 1.90. The molecule has 28 heavy (non-hydrogen) atoms. The van der Waals surface area contributed by atoms with Crippen LogP contribution in [0, 0.1) is 0 Å². The van der Waals surface area contributed by atoms with Gasteiger partial charge in [-0.2, -0.15) is 13.5 Å². The van der Waals surface area contributed by atoms with E-state index in [0.29, 0.717) is 17.1 Å². The van der Waals surface area contributed by atoms with Crippen LogP contribution in [0.1, 0.15) is 28.7 Å². The minimum atomic E-state index is -0.157. The topological polar surface area (TPSA) is 83.0 Å². The van der Waals surface area contributed by atoms with Crippen molar-refractivity contribution in [1.82, 2.24) is 25.6 Å². The highest BCUT2D eigenvalue weighted by atomic mass is 32.1. The van der Waals surface area contributed by atoms with Crippen molar-refractivity contribution < 1.29 is 4.79 Å². The summed E-state index contributed by atoms with van der Waals surface area (Å²) in [4.78, 5) is 28.8. The van der Waals surface area contributed by atoms with Gasteiger partial charge in [0, 0.05) is 18.3 Å². The van der Waals surface area contributed by atoms with Crippen LogP contribution < -0.4 is 15.5 Å². The molecular weight excluding hydrogens is 392 g/mol. The van der Waals surface area contributed by atoms with E-state index in [1.54, 1.807) is 6.33 Å². The Morgan fingerprint density at radius 2 is 2.11 bits per heavy atom. The highest BCUT2D eigenvalue weighted by Gasteiger charge is 2.30. The molecule has 3 heterocycles. The molecule has 1 aromatic carbocycles. The zero-order chi connectivity index (χ0) is 18.8. The highest BCUT2D eigenvalue weighted by Crippen LogP contribution is 2.40. The molecule has 0 unspecified atom stereocenters. The molecule has 148 valence electrons. The van der Waals surface area contributed by atoms with Crippen LogP contribution in [-0.4, -0.2) is 47.0 Å². The number of amides is 1.